The number of carbonyl (C=O) groups is 1. The lowest BCUT2D eigenvalue weighted by Gasteiger charge is -2.11. The van der Waals surface area contributed by atoms with Gasteiger partial charge in [0, 0.05) is 41.7 Å². The smallest absolute Gasteiger partial charge is 0.220 e. The number of fused-ring (bicyclic) bond motifs is 2. The largest absolute Gasteiger partial charge is 0.356 e. The van der Waals surface area contributed by atoms with E-state index in [2.05, 4.69) is 22.3 Å². The first-order valence-electron chi connectivity index (χ1n) is 10.6. The van der Waals surface area contributed by atoms with Crippen molar-refractivity contribution in [2.75, 3.05) is 6.54 Å². The average molecular weight is 412 g/mol. The van der Waals surface area contributed by atoms with Gasteiger partial charge in [-0.2, -0.15) is 5.10 Å². The minimum absolute atomic E-state index is 0.0963. The van der Waals surface area contributed by atoms with Crippen LogP contribution in [-0.4, -0.2) is 32.0 Å². The van der Waals surface area contributed by atoms with E-state index in [0.717, 1.165) is 47.6 Å². The normalized spacial score (nSPS) is 13.6. The Hall–Kier alpha value is -2.28. The number of aryl methyl sites for hydroxylation is 6. The summed E-state index contributed by atoms with van der Waals surface area (Å²) in [5.41, 5.74) is 6.32. The predicted octanol–water partition coefficient (Wildman–Crippen LogP) is 3.67. The van der Waals surface area contributed by atoms with Crippen molar-refractivity contribution < 1.29 is 4.79 Å². The molecular formula is C22H29N5OS. The van der Waals surface area contributed by atoms with Crippen LogP contribution in [0.2, 0.25) is 0 Å². The number of amides is 1. The third-order valence-electron chi connectivity index (χ3n) is 5.67. The fourth-order valence-electron chi connectivity index (χ4n) is 4.11. The maximum absolute atomic E-state index is 12.3. The van der Waals surface area contributed by atoms with E-state index in [4.69, 9.17) is 4.98 Å². The molecule has 1 aliphatic carbocycles. The highest BCUT2D eigenvalue weighted by Gasteiger charge is 2.15. The summed E-state index contributed by atoms with van der Waals surface area (Å²) in [7, 11) is 0. The van der Waals surface area contributed by atoms with Gasteiger partial charge in [0.2, 0.25) is 5.91 Å². The topological polar surface area (TPSA) is 72.2 Å². The molecule has 0 atom stereocenters. The highest BCUT2D eigenvalue weighted by molar-refractivity contribution is 7.11. The molecule has 0 spiro atoms. The zero-order valence-corrected chi connectivity index (χ0v) is 18.4. The molecule has 0 saturated heterocycles. The number of carbonyl (C=O) groups excluding carboxylic acids is 1. The Bertz CT molecular complexity index is 1010. The molecule has 0 aromatic carbocycles. The molecule has 7 heteroatoms. The maximum atomic E-state index is 12.3. The van der Waals surface area contributed by atoms with E-state index in [1.165, 1.54) is 34.8 Å². The zero-order valence-electron chi connectivity index (χ0n) is 17.5. The molecule has 3 aromatic heterocycles. The summed E-state index contributed by atoms with van der Waals surface area (Å²) in [6.45, 7) is 6.74. The van der Waals surface area contributed by atoms with Gasteiger partial charge in [0.05, 0.1) is 16.4 Å². The molecule has 0 unspecified atom stereocenters. The lowest BCUT2D eigenvalue weighted by molar-refractivity contribution is -0.121. The van der Waals surface area contributed by atoms with E-state index >= 15 is 0 Å². The molecule has 1 amide bonds. The minimum atomic E-state index is 0.0963. The van der Waals surface area contributed by atoms with Crippen molar-refractivity contribution in [2.45, 2.75) is 72.1 Å². The first kappa shape index (κ1) is 20.0. The van der Waals surface area contributed by atoms with Crippen LogP contribution in [-0.2, 0) is 30.5 Å². The third-order valence-corrected chi connectivity index (χ3v) is 6.88. The number of nitrogens with one attached hydrogen (secondary N) is 1. The van der Waals surface area contributed by atoms with Crippen LogP contribution in [0.5, 0.6) is 0 Å². The van der Waals surface area contributed by atoms with Crippen molar-refractivity contribution in [3.05, 3.63) is 44.3 Å². The van der Waals surface area contributed by atoms with Crippen molar-refractivity contribution in [3.8, 4) is 0 Å². The van der Waals surface area contributed by atoms with E-state index in [1.807, 2.05) is 35.8 Å². The molecule has 3 aromatic rings. The molecule has 1 aliphatic rings. The van der Waals surface area contributed by atoms with Gasteiger partial charge < -0.3 is 5.32 Å². The quantitative estimate of drug-likeness (QED) is 0.602. The van der Waals surface area contributed by atoms with Gasteiger partial charge in [-0.15, -0.1) is 11.3 Å². The van der Waals surface area contributed by atoms with E-state index in [9.17, 15) is 4.79 Å². The number of aromatic nitrogens is 4. The van der Waals surface area contributed by atoms with Crippen molar-refractivity contribution in [1.82, 2.24) is 24.9 Å². The van der Waals surface area contributed by atoms with Crippen LogP contribution in [0.1, 0.15) is 63.9 Å². The Morgan fingerprint density at radius 1 is 1.17 bits per heavy atom. The monoisotopic (exact) mass is 411 g/mol. The number of rotatable bonds is 7. The maximum Gasteiger partial charge on any atom is 0.220 e. The number of thiazole rings is 1. The van der Waals surface area contributed by atoms with Crippen LogP contribution in [0, 0.1) is 20.8 Å². The lowest BCUT2D eigenvalue weighted by Crippen LogP contribution is -2.25. The molecule has 4 rings (SSSR count). The van der Waals surface area contributed by atoms with Crippen molar-refractivity contribution >= 4 is 22.9 Å². The summed E-state index contributed by atoms with van der Waals surface area (Å²) in [6.07, 6.45) is 7.96. The Balaban J connectivity index is 1.25. The molecule has 0 fully saturated rings. The number of hydrogen-bond acceptors (Lipinski definition) is 5. The summed E-state index contributed by atoms with van der Waals surface area (Å²) in [4.78, 5) is 23.2. The Morgan fingerprint density at radius 2 is 2.00 bits per heavy atom. The molecule has 3 heterocycles. The first-order valence-corrected chi connectivity index (χ1v) is 11.4. The molecule has 6 nitrogen and oxygen atoms in total. The molecule has 0 aliphatic heterocycles. The van der Waals surface area contributed by atoms with Gasteiger partial charge in [-0.05, 0) is 64.9 Å². The number of hydrogen-bond donors (Lipinski definition) is 1. The van der Waals surface area contributed by atoms with Crippen molar-refractivity contribution in [2.24, 2.45) is 0 Å². The Kier molecular flexibility index (Phi) is 5.94. The fraction of sp³-hybridized carbons (Fsp3) is 0.545. The van der Waals surface area contributed by atoms with Crippen LogP contribution in [0.4, 0.5) is 0 Å². The van der Waals surface area contributed by atoms with E-state index < -0.39 is 0 Å². The van der Waals surface area contributed by atoms with E-state index in [-0.39, 0.29) is 5.91 Å². The highest BCUT2D eigenvalue weighted by Crippen LogP contribution is 2.27. The average Bonchev–Trinajstić information content (AvgIpc) is 3.27. The molecule has 29 heavy (non-hydrogen) atoms. The third kappa shape index (κ3) is 4.50. The summed E-state index contributed by atoms with van der Waals surface area (Å²) >= 11 is 1.87. The molecule has 154 valence electrons. The molecule has 0 saturated carbocycles. The number of nitrogens with zero attached hydrogens (tertiary/aromatic N) is 4. The molecule has 0 bridgehead atoms. The Morgan fingerprint density at radius 3 is 2.83 bits per heavy atom. The van der Waals surface area contributed by atoms with Crippen LogP contribution in [0.15, 0.2) is 6.07 Å². The Labute approximate surface area is 175 Å². The van der Waals surface area contributed by atoms with Gasteiger partial charge in [0.1, 0.15) is 0 Å². The highest BCUT2D eigenvalue weighted by atomic mass is 32.1. The second kappa shape index (κ2) is 8.61. The minimum Gasteiger partial charge on any atom is -0.356 e. The molecule has 0 radical (unpaired) electrons. The lowest BCUT2D eigenvalue weighted by atomic mass is 10.0. The van der Waals surface area contributed by atoms with Gasteiger partial charge in [0.15, 0.2) is 5.65 Å². The second-order valence-corrected chi connectivity index (χ2v) is 9.12. The van der Waals surface area contributed by atoms with Crippen LogP contribution in [0.25, 0.3) is 5.65 Å². The second-order valence-electron chi connectivity index (χ2n) is 7.95. The van der Waals surface area contributed by atoms with Crippen LogP contribution in [0.3, 0.4) is 0 Å². The van der Waals surface area contributed by atoms with Gasteiger partial charge in [0.25, 0.3) is 0 Å². The standard InChI is InChI=1S/C22H29N5OS/c1-14-13-20-24-15(2)17(16(3)27(20)26-14)10-11-21(28)23-12-6-9-22-25-18-7-4-5-8-19(18)29-22/h13H,4-12H2,1-3H3,(H,23,28). The van der Waals surface area contributed by atoms with Crippen LogP contribution >= 0.6 is 11.3 Å². The summed E-state index contributed by atoms with van der Waals surface area (Å²) < 4.78 is 1.88. The van der Waals surface area contributed by atoms with Crippen LogP contribution < -0.4 is 5.32 Å². The van der Waals surface area contributed by atoms with E-state index in [0.29, 0.717) is 19.4 Å². The van der Waals surface area contributed by atoms with Gasteiger partial charge in [-0.25, -0.2) is 14.5 Å². The summed E-state index contributed by atoms with van der Waals surface area (Å²) in [6, 6.07) is 1.98. The zero-order chi connectivity index (χ0) is 20.4. The van der Waals surface area contributed by atoms with Crippen molar-refractivity contribution in [1.29, 1.82) is 0 Å². The fourth-order valence-corrected chi connectivity index (χ4v) is 5.31. The molecular weight excluding hydrogens is 382 g/mol. The van der Waals surface area contributed by atoms with Gasteiger partial charge >= 0.3 is 0 Å². The SMILES string of the molecule is Cc1cc2nc(C)c(CCC(=O)NCCCc3nc4c(s3)CCCC4)c(C)n2n1. The summed E-state index contributed by atoms with van der Waals surface area (Å²) in [5.74, 6) is 0.0963. The molecule has 1 N–H and O–H groups in total. The first-order chi connectivity index (χ1) is 14.0. The van der Waals surface area contributed by atoms with Crippen molar-refractivity contribution in [3.63, 3.8) is 0 Å². The predicted molar refractivity (Wildman–Crippen MR) is 116 cm³/mol. The van der Waals surface area contributed by atoms with E-state index in [1.54, 1.807) is 0 Å². The van der Waals surface area contributed by atoms with Gasteiger partial charge in [-0.1, -0.05) is 0 Å². The van der Waals surface area contributed by atoms with Gasteiger partial charge in [-0.3, -0.25) is 4.79 Å². The summed E-state index contributed by atoms with van der Waals surface area (Å²) in [5, 5.41) is 8.79.